The molecule has 0 saturated carbocycles. The maximum atomic E-state index is 13.8. The molecule has 3 aliphatic heterocycles. The molecule has 3 aromatic rings. The van der Waals surface area contributed by atoms with Crippen molar-refractivity contribution < 1.29 is 38.1 Å². The second kappa shape index (κ2) is 17.2. The van der Waals surface area contributed by atoms with Gasteiger partial charge in [-0.15, -0.1) is 0 Å². The van der Waals surface area contributed by atoms with E-state index in [1.807, 2.05) is 17.3 Å². The largest absolute Gasteiger partial charge is 0.453 e. The molecule has 318 valence electrons. The van der Waals surface area contributed by atoms with Gasteiger partial charge < -0.3 is 44.4 Å². The number of imidazole rings is 1. The van der Waals surface area contributed by atoms with Crippen molar-refractivity contribution in [3.8, 4) is 11.3 Å². The highest BCUT2D eigenvalue weighted by Crippen LogP contribution is 2.54. The van der Waals surface area contributed by atoms with Gasteiger partial charge >= 0.3 is 12.2 Å². The second-order valence-electron chi connectivity index (χ2n) is 16.5. The van der Waals surface area contributed by atoms with Gasteiger partial charge in [-0.3, -0.25) is 14.6 Å². The summed E-state index contributed by atoms with van der Waals surface area (Å²) >= 11 is 0. The van der Waals surface area contributed by atoms with Crippen LogP contribution < -0.4 is 10.6 Å². The van der Waals surface area contributed by atoms with Crippen molar-refractivity contribution in [2.45, 2.75) is 107 Å². The number of rotatable bonds is 12. The van der Waals surface area contributed by atoms with Crippen LogP contribution in [0.4, 0.5) is 9.59 Å². The van der Waals surface area contributed by atoms with E-state index >= 15 is 0 Å². The van der Waals surface area contributed by atoms with Crippen LogP contribution in [0.25, 0.3) is 16.8 Å². The molecular weight excluding hydrogens is 767 g/mol. The monoisotopic (exact) mass is 821 g/mol. The number of fused-ring (bicyclic) bond motifs is 1. The van der Waals surface area contributed by atoms with E-state index in [9.17, 15) is 19.2 Å². The molecule has 6 aliphatic rings. The Kier molecular flexibility index (Phi) is 11.8. The Balaban J connectivity index is 0.961. The highest BCUT2D eigenvalue weighted by molar-refractivity contribution is 6.04. The molecule has 3 N–H and O–H groups in total. The minimum atomic E-state index is -0.892. The molecule has 2 aromatic carbocycles. The van der Waals surface area contributed by atoms with Gasteiger partial charge in [0.1, 0.15) is 17.9 Å². The number of nitrogens with one attached hydrogen (secondary N) is 3. The maximum absolute atomic E-state index is 13.8. The Morgan fingerprint density at radius 1 is 0.717 bits per heavy atom. The smallest absolute Gasteiger partial charge is 0.407 e. The van der Waals surface area contributed by atoms with Crippen molar-refractivity contribution >= 4 is 35.3 Å². The zero-order chi connectivity index (χ0) is 42.2. The standard InChI is InChI=1S/C45H55N7O8/c1-24(57-3)39(49-44(55)59-5)42(53)51-17-7-9-37(51)35-21-28(22-46-35)26-11-13-29-32-16-15-31(33(29)19-26)30-14-12-27(20-34(30)32)36-23-47-41(48-36)38-10-8-18-52(38)43(54)40(25(2)58-4)50-45(56)60-6/h11-14,19-20,22-25,31-32,37-40H,7-10,15-18,21H2,1-6H3,(H,47,48)(H,49,55)(H,50,56)/t24-,25-,31?,32?,37+,38+,39+,40+/m1/s1. The number of amides is 4. The first kappa shape index (κ1) is 41.2. The van der Waals surface area contributed by atoms with Crippen LogP contribution in [0.2, 0.25) is 0 Å². The number of alkyl carbamates (subject to hydrolysis) is 2. The predicted molar refractivity (Wildman–Crippen MR) is 223 cm³/mol. The number of aromatic amines is 1. The topological polar surface area (TPSA) is 177 Å². The van der Waals surface area contributed by atoms with Crippen molar-refractivity contribution in [3.63, 3.8) is 0 Å². The molecule has 3 aliphatic carbocycles. The summed E-state index contributed by atoms with van der Waals surface area (Å²) in [5.41, 5.74) is 10.7. The normalized spacial score (nSPS) is 23.5. The predicted octanol–water partition coefficient (Wildman–Crippen LogP) is 5.81. The van der Waals surface area contributed by atoms with E-state index in [4.69, 9.17) is 28.9 Å². The van der Waals surface area contributed by atoms with Gasteiger partial charge in [0.2, 0.25) is 11.8 Å². The van der Waals surface area contributed by atoms with Gasteiger partial charge in [0, 0.05) is 57.5 Å². The fraction of sp³-hybridized carbons (Fsp3) is 0.511. The number of hydrogen-bond acceptors (Lipinski definition) is 10. The number of hydrogen-bond donors (Lipinski definition) is 3. The molecule has 4 amide bonds. The third kappa shape index (κ3) is 7.57. The fourth-order valence-electron chi connectivity index (χ4n) is 9.98. The van der Waals surface area contributed by atoms with Crippen LogP contribution in [0.3, 0.4) is 0 Å². The molecule has 8 atom stereocenters. The van der Waals surface area contributed by atoms with Crippen molar-refractivity contribution in [1.29, 1.82) is 0 Å². The Labute approximate surface area is 350 Å². The molecule has 60 heavy (non-hydrogen) atoms. The van der Waals surface area contributed by atoms with Gasteiger partial charge in [0.25, 0.3) is 0 Å². The zero-order valence-corrected chi connectivity index (χ0v) is 35.2. The molecule has 0 radical (unpaired) electrons. The summed E-state index contributed by atoms with van der Waals surface area (Å²) in [6.07, 6.45) is 7.44. The molecule has 2 bridgehead atoms. The molecule has 0 spiro atoms. The number of carbonyl (C=O) groups excluding carboxylic acids is 4. The van der Waals surface area contributed by atoms with Gasteiger partial charge in [-0.25, -0.2) is 14.6 Å². The van der Waals surface area contributed by atoms with Gasteiger partial charge in [0.05, 0.1) is 50.4 Å². The van der Waals surface area contributed by atoms with Crippen molar-refractivity contribution in [3.05, 3.63) is 82.4 Å². The maximum Gasteiger partial charge on any atom is 0.407 e. The summed E-state index contributed by atoms with van der Waals surface area (Å²) < 4.78 is 20.5. The highest BCUT2D eigenvalue weighted by Gasteiger charge is 2.42. The molecule has 1 aromatic heterocycles. The lowest BCUT2D eigenvalue weighted by molar-refractivity contribution is -0.138. The van der Waals surface area contributed by atoms with Crippen LogP contribution in [0.15, 0.2) is 53.8 Å². The summed E-state index contributed by atoms with van der Waals surface area (Å²) in [4.78, 5) is 68.6. The first-order valence-corrected chi connectivity index (χ1v) is 21.0. The number of ether oxygens (including phenoxy) is 4. The quantitative estimate of drug-likeness (QED) is 0.204. The lowest BCUT2D eigenvalue weighted by Crippen LogP contribution is -2.56. The van der Waals surface area contributed by atoms with E-state index in [-0.39, 0.29) is 35.7 Å². The lowest BCUT2D eigenvalue weighted by Gasteiger charge is -2.41. The molecule has 4 heterocycles. The van der Waals surface area contributed by atoms with Crippen molar-refractivity contribution in [1.82, 2.24) is 30.4 Å². The first-order valence-electron chi connectivity index (χ1n) is 21.0. The molecule has 15 nitrogen and oxygen atoms in total. The summed E-state index contributed by atoms with van der Waals surface area (Å²) in [5.74, 6) is 0.861. The number of benzene rings is 2. The summed E-state index contributed by atoms with van der Waals surface area (Å²) in [5, 5.41) is 5.32. The second-order valence-corrected chi connectivity index (χ2v) is 16.5. The highest BCUT2D eigenvalue weighted by atomic mass is 16.5. The number of nitrogens with zero attached hydrogens (tertiary/aromatic N) is 4. The van der Waals surface area contributed by atoms with E-state index in [0.29, 0.717) is 19.5 Å². The Bertz CT molecular complexity index is 2220. The van der Waals surface area contributed by atoms with Crippen LogP contribution in [-0.2, 0) is 28.5 Å². The molecule has 2 fully saturated rings. The number of likely N-dealkylation sites (tertiary alicyclic amines) is 2. The number of allylic oxidation sites excluding steroid dienone is 1. The van der Waals surface area contributed by atoms with Gasteiger partial charge in [-0.2, -0.15) is 0 Å². The minimum absolute atomic E-state index is 0.148. The molecule has 2 unspecified atom stereocenters. The number of carbonyl (C=O) groups is 4. The van der Waals surface area contributed by atoms with Crippen LogP contribution in [0.5, 0.6) is 0 Å². The Morgan fingerprint density at radius 2 is 1.25 bits per heavy atom. The first-order chi connectivity index (χ1) is 29.0. The summed E-state index contributed by atoms with van der Waals surface area (Å²) in [6.45, 7) is 4.65. The summed E-state index contributed by atoms with van der Waals surface area (Å²) in [7, 11) is 5.58. The number of H-pyrrole nitrogens is 1. The average molecular weight is 822 g/mol. The van der Waals surface area contributed by atoms with E-state index in [0.717, 1.165) is 72.5 Å². The molecule has 2 saturated heterocycles. The van der Waals surface area contributed by atoms with E-state index in [1.54, 1.807) is 18.7 Å². The van der Waals surface area contributed by atoms with Crippen LogP contribution >= 0.6 is 0 Å². The van der Waals surface area contributed by atoms with Gasteiger partial charge in [-0.1, -0.05) is 30.3 Å². The third-order valence-corrected chi connectivity index (χ3v) is 13.4. The van der Waals surface area contributed by atoms with Crippen LogP contribution in [0, 0.1) is 0 Å². The number of aliphatic imine (C=N–C) groups is 1. The molecule has 9 rings (SSSR count). The number of aromatic nitrogens is 2. The van der Waals surface area contributed by atoms with Crippen LogP contribution in [0.1, 0.15) is 110 Å². The van der Waals surface area contributed by atoms with E-state index in [1.165, 1.54) is 50.7 Å². The SMILES string of the molecule is COC(=O)N[C@H](C(=O)N1CCC[C@H]1C1=NC=C(c2ccc3c(c2)C2CCC3c3cc(-c4cnc([C@@H]5CCCN5C(=O)[C@@H](NC(=O)OC)[C@@H](C)OC)[nH]4)ccc32)C1)[C@@H](C)OC. The van der Waals surface area contributed by atoms with E-state index < -0.39 is 36.5 Å². The Hall–Kier alpha value is -5.54. The molecule has 15 heteroatoms. The van der Waals surface area contributed by atoms with Crippen molar-refractivity contribution in [2.24, 2.45) is 4.99 Å². The van der Waals surface area contributed by atoms with E-state index in [2.05, 4.69) is 52.0 Å². The van der Waals surface area contributed by atoms with Gasteiger partial charge in [-0.05, 0) is 97.4 Å². The van der Waals surface area contributed by atoms with Crippen LogP contribution in [-0.4, -0.2) is 121 Å². The molecular formula is C45H55N7O8. The zero-order valence-electron chi connectivity index (χ0n) is 35.2. The Morgan fingerprint density at radius 3 is 1.82 bits per heavy atom. The minimum Gasteiger partial charge on any atom is -0.453 e. The summed E-state index contributed by atoms with van der Waals surface area (Å²) in [6, 6.07) is 11.5. The van der Waals surface area contributed by atoms with Crippen molar-refractivity contribution in [2.75, 3.05) is 41.5 Å². The lowest BCUT2D eigenvalue weighted by atomic mass is 9.63. The average Bonchev–Trinajstić information content (AvgIpc) is 4.13. The van der Waals surface area contributed by atoms with Gasteiger partial charge in [0.15, 0.2) is 0 Å². The number of methoxy groups -OCH3 is 4. The fourth-order valence-corrected chi connectivity index (χ4v) is 9.98. The third-order valence-electron chi connectivity index (χ3n) is 13.4.